The number of aromatic nitrogens is 1. The third-order valence-corrected chi connectivity index (χ3v) is 4.83. The second kappa shape index (κ2) is 6.62. The van der Waals surface area contributed by atoms with Crippen molar-refractivity contribution in [2.45, 2.75) is 32.7 Å². The van der Waals surface area contributed by atoms with Crippen LogP contribution in [0.25, 0.3) is 10.2 Å². The molecule has 1 fully saturated rings. The molecular formula is C16H21N3O2S. The van der Waals surface area contributed by atoms with Gasteiger partial charge in [0.25, 0.3) is 0 Å². The van der Waals surface area contributed by atoms with Crippen molar-refractivity contribution in [3.63, 3.8) is 0 Å². The number of nitrogens with zero attached hydrogens (tertiary/aromatic N) is 1. The van der Waals surface area contributed by atoms with E-state index in [1.54, 1.807) is 0 Å². The summed E-state index contributed by atoms with van der Waals surface area (Å²) in [4.78, 5) is 16.8. The minimum Gasteiger partial charge on any atom is -0.494 e. The summed E-state index contributed by atoms with van der Waals surface area (Å²) < 4.78 is 6.52. The first kappa shape index (κ1) is 15.2. The first-order chi connectivity index (χ1) is 10.7. The molecule has 1 amide bonds. The summed E-state index contributed by atoms with van der Waals surface area (Å²) in [6, 6.07) is 6.21. The van der Waals surface area contributed by atoms with Gasteiger partial charge in [0, 0.05) is 12.0 Å². The molecule has 2 atom stereocenters. The van der Waals surface area contributed by atoms with E-state index in [2.05, 4.69) is 22.5 Å². The maximum atomic E-state index is 12.4. The molecule has 1 aromatic carbocycles. The Kier molecular flexibility index (Phi) is 4.59. The number of amides is 1. The van der Waals surface area contributed by atoms with E-state index in [-0.39, 0.29) is 11.8 Å². The monoisotopic (exact) mass is 319 g/mol. The van der Waals surface area contributed by atoms with Crippen molar-refractivity contribution < 1.29 is 9.53 Å². The van der Waals surface area contributed by atoms with Crippen molar-refractivity contribution in [2.24, 2.45) is 5.92 Å². The molecule has 118 valence electrons. The summed E-state index contributed by atoms with van der Waals surface area (Å²) in [6.07, 6.45) is 1.76. The van der Waals surface area contributed by atoms with Gasteiger partial charge in [-0.05, 0) is 51.4 Å². The fraction of sp³-hybridized carbons (Fsp3) is 0.500. The summed E-state index contributed by atoms with van der Waals surface area (Å²) in [5, 5.41) is 7.00. The normalized spacial score (nSPS) is 21.7. The van der Waals surface area contributed by atoms with Gasteiger partial charge in [0.2, 0.25) is 5.91 Å². The molecule has 0 aliphatic carbocycles. The predicted molar refractivity (Wildman–Crippen MR) is 89.6 cm³/mol. The minimum atomic E-state index is 0.0715. The second-order valence-electron chi connectivity index (χ2n) is 5.65. The van der Waals surface area contributed by atoms with Gasteiger partial charge in [-0.25, -0.2) is 4.98 Å². The lowest BCUT2D eigenvalue weighted by Gasteiger charge is -2.26. The fourth-order valence-electron chi connectivity index (χ4n) is 2.79. The first-order valence-corrected chi connectivity index (χ1v) is 8.55. The Labute approximate surface area is 134 Å². The number of benzene rings is 1. The molecule has 5 nitrogen and oxygen atoms in total. The Balaban J connectivity index is 1.71. The van der Waals surface area contributed by atoms with Crippen LogP contribution in [0.1, 0.15) is 26.7 Å². The van der Waals surface area contributed by atoms with Crippen molar-refractivity contribution in [3.05, 3.63) is 18.2 Å². The van der Waals surface area contributed by atoms with Gasteiger partial charge in [-0.2, -0.15) is 0 Å². The first-order valence-electron chi connectivity index (χ1n) is 7.73. The third kappa shape index (κ3) is 3.39. The van der Waals surface area contributed by atoms with Gasteiger partial charge < -0.3 is 15.4 Å². The van der Waals surface area contributed by atoms with Crippen LogP contribution in [0.3, 0.4) is 0 Å². The van der Waals surface area contributed by atoms with E-state index in [1.165, 1.54) is 11.3 Å². The Morgan fingerprint density at radius 2 is 2.41 bits per heavy atom. The van der Waals surface area contributed by atoms with Gasteiger partial charge >= 0.3 is 0 Å². The molecule has 1 aliphatic rings. The van der Waals surface area contributed by atoms with Gasteiger partial charge in [-0.15, -0.1) is 0 Å². The van der Waals surface area contributed by atoms with E-state index in [0.717, 1.165) is 35.4 Å². The van der Waals surface area contributed by atoms with Gasteiger partial charge in [-0.1, -0.05) is 11.3 Å². The molecule has 0 saturated carbocycles. The van der Waals surface area contributed by atoms with Crippen molar-refractivity contribution in [1.82, 2.24) is 10.3 Å². The van der Waals surface area contributed by atoms with Gasteiger partial charge in [0.1, 0.15) is 5.75 Å². The number of rotatable bonds is 4. The molecule has 3 rings (SSSR count). The second-order valence-corrected chi connectivity index (χ2v) is 6.68. The van der Waals surface area contributed by atoms with E-state index >= 15 is 0 Å². The summed E-state index contributed by atoms with van der Waals surface area (Å²) >= 11 is 1.49. The zero-order chi connectivity index (χ0) is 15.5. The highest BCUT2D eigenvalue weighted by molar-refractivity contribution is 7.22. The van der Waals surface area contributed by atoms with E-state index in [1.807, 2.05) is 25.1 Å². The Hall–Kier alpha value is -1.66. The van der Waals surface area contributed by atoms with Crippen LogP contribution < -0.4 is 15.4 Å². The average molecular weight is 319 g/mol. The number of anilines is 1. The predicted octanol–water partition coefficient (Wildman–Crippen LogP) is 3.02. The molecule has 0 spiro atoms. The van der Waals surface area contributed by atoms with Crippen molar-refractivity contribution >= 4 is 32.6 Å². The van der Waals surface area contributed by atoms with Gasteiger partial charge in [-0.3, -0.25) is 4.79 Å². The Morgan fingerprint density at radius 3 is 3.18 bits per heavy atom. The Morgan fingerprint density at radius 1 is 1.55 bits per heavy atom. The number of piperidine rings is 1. The van der Waals surface area contributed by atoms with Crippen LogP contribution in [0.4, 0.5) is 5.13 Å². The smallest absolute Gasteiger partial charge is 0.229 e. The molecular weight excluding hydrogens is 298 g/mol. The van der Waals surface area contributed by atoms with Crippen LogP contribution in [0, 0.1) is 5.92 Å². The quantitative estimate of drug-likeness (QED) is 0.909. The molecule has 6 heteroatoms. The SMILES string of the molecule is CCOc1ccc2nc(NC(=O)[C@H]3CCN[C@@H](C)C3)sc2c1. The zero-order valence-corrected chi connectivity index (χ0v) is 13.7. The fourth-order valence-corrected chi connectivity index (χ4v) is 3.69. The van der Waals surface area contributed by atoms with Crippen LogP contribution in [-0.2, 0) is 4.79 Å². The van der Waals surface area contributed by atoms with Gasteiger partial charge in [0.15, 0.2) is 5.13 Å². The number of ether oxygens (including phenoxy) is 1. The molecule has 1 aromatic heterocycles. The highest BCUT2D eigenvalue weighted by Crippen LogP contribution is 2.30. The van der Waals surface area contributed by atoms with Crippen LogP contribution in [0.5, 0.6) is 5.75 Å². The molecule has 2 heterocycles. The molecule has 2 N–H and O–H groups in total. The number of carbonyl (C=O) groups is 1. The standard InChI is InChI=1S/C16H21N3O2S/c1-3-21-12-4-5-13-14(9-12)22-16(18-13)19-15(20)11-6-7-17-10(2)8-11/h4-5,9-11,17H,3,6-8H2,1-2H3,(H,18,19,20)/t10-,11-/m0/s1. The number of carbonyl (C=O) groups excluding carboxylic acids is 1. The number of fused-ring (bicyclic) bond motifs is 1. The zero-order valence-electron chi connectivity index (χ0n) is 12.9. The number of thiazole rings is 1. The largest absolute Gasteiger partial charge is 0.494 e. The van der Waals surface area contributed by atoms with Crippen LogP contribution in [0.2, 0.25) is 0 Å². The summed E-state index contributed by atoms with van der Waals surface area (Å²) in [5.41, 5.74) is 0.891. The van der Waals surface area contributed by atoms with Crippen LogP contribution in [-0.4, -0.2) is 30.1 Å². The summed E-state index contributed by atoms with van der Waals surface area (Å²) in [6.45, 7) is 5.62. The summed E-state index contributed by atoms with van der Waals surface area (Å²) in [7, 11) is 0. The third-order valence-electron chi connectivity index (χ3n) is 3.90. The highest BCUT2D eigenvalue weighted by Gasteiger charge is 2.25. The van der Waals surface area contributed by atoms with Crippen LogP contribution >= 0.6 is 11.3 Å². The van der Waals surface area contributed by atoms with E-state index < -0.39 is 0 Å². The lowest BCUT2D eigenvalue weighted by molar-refractivity contribution is -0.120. The average Bonchev–Trinajstić information content (AvgIpc) is 2.89. The topological polar surface area (TPSA) is 63.2 Å². The maximum Gasteiger partial charge on any atom is 0.229 e. The molecule has 2 aromatic rings. The maximum absolute atomic E-state index is 12.4. The lowest BCUT2D eigenvalue weighted by Crippen LogP contribution is -2.40. The lowest BCUT2D eigenvalue weighted by atomic mass is 9.93. The van der Waals surface area contributed by atoms with Gasteiger partial charge in [0.05, 0.1) is 16.8 Å². The van der Waals surface area contributed by atoms with E-state index in [0.29, 0.717) is 17.8 Å². The Bertz CT molecular complexity index is 670. The van der Waals surface area contributed by atoms with E-state index in [4.69, 9.17) is 4.74 Å². The highest BCUT2D eigenvalue weighted by atomic mass is 32.1. The number of hydrogen-bond acceptors (Lipinski definition) is 5. The minimum absolute atomic E-state index is 0.0715. The molecule has 0 bridgehead atoms. The number of nitrogens with one attached hydrogen (secondary N) is 2. The molecule has 0 unspecified atom stereocenters. The molecule has 1 aliphatic heterocycles. The number of hydrogen-bond donors (Lipinski definition) is 2. The van der Waals surface area contributed by atoms with Crippen molar-refractivity contribution in [1.29, 1.82) is 0 Å². The molecule has 1 saturated heterocycles. The molecule has 0 radical (unpaired) electrons. The van der Waals surface area contributed by atoms with E-state index in [9.17, 15) is 4.79 Å². The van der Waals surface area contributed by atoms with Crippen molar-refractivity contribution in [2.75, 3.05) is 18.5 Å². The van der Waals surface area contributed by atoms with Crippen molar-refractivity contribution in [3.8, 4) is 5.75 Å². The van der Waals surface area contributed by atoms with Crippen LogP contribution in [0.15, 0.2) is 18.2 Å². The molecule has 22 heavy (non-hydrogen) atoms. The summed E-state index contributed by atoms with van der Waals surface area (Å²) in [5.74, 6) is 0.989.